The number of halogens is 1. The van der Waals surface area contributed by atoms with Crippen molar-refractivity contribution in [1.29, 1.82) is 0 Å². The van der Waals surface area contributed by atoms with E-state index in [0.29, 0.717) is 11.5 Å². The van der Waals surface area contributed by atoms with Crippen molar-refractivity contribution in [3.05, 3.63) is 51.0 Å². The zero-order chi connectivity index (χ0) is 15.2. The Kier molecular flexibility index (Phi) is 5.38. The van der Waals surface area contributed by atoms with E-state index in [2.05, 4.69) is 33.1 Å². The summed E-state index contributed by atoms with van der Waals surface area (Å²) in [5.41, 5.74) is 4.46. The number of ether oxygens (including phenoxy) is 1. The molecule has 2 aromatic rings. The molecular weight excluding hydrogens is 383 g/mol. The Hall–Kier alpha value is -1.83. The first-order chi connectivity index (χ1) is 10.0. The molecule has 0 aliphatic heterocycles. The molecule has 1 N–H and O–H groups in total. The lowest BCUT2D eigenvalue weighted by Crippen LogP contribution is -2.24. The fraction of sp³-hybridized carbons (Fsp3) is 0.200. The van der Waals surface area contributed by atoms with E-state index in [1.54, 1.807) is 6.07 Å². The second kappa shape index (κ2) is 7.26. The van der Waals surface area contributed by atoms with E-state index in [0.717, 1.165) is 14.9 Å². The maximum atomic E-state index is 11.6. The van der Waals surface area contributed by atoms with Crippen LogP contribution in [0.3, 0.4) is 0 Å². The van der Waals surface area contributed by atoms with Crippen molar-refractivity contribution in [2.45, 2.75) is 13.8 Å². The van der Waals surface area contributed by atoms with Crippen LogP contribution in [-0.2, 0) is 4.79 Å². The van der Waals surface area contributed by atoms with Crippen molar-refractivity contribution in [2.75, 3.05) is 6.61 Å². The van der Waals surface area contributed by atoms with Crippen LogP contribution in [0.4, 0.5) is 0 Å². The van der Waals surface area contributed by atoms with Crippen LogP contribution in [0.5, 0.6) is 5.75 Å². The van der Waals surface area contributed by atoms with Crippen molar-refractivity contribution in [3.63, 3.8) is 0 Å². The zero-order valence-electron chi connectivity index (χ0n) is 11.7. The minimum absolute atomic E-state index is 0.0860. The normalized spacial score (nSPS) is 10.8. The number of hydrogen-bond acceptors (Lipinski definition) is 4. The Balaban J connectivity index is 1.82. The number of carbonyl (C=O) groups is 1. The summed E-state index contributed by atoms with van der Waals surface area (Å²) in [7, 11) is 0. The Labute approximate surface area is 136 Å². The van der Waals surface area contributed by atoms with Gasteiger partial charge in [0, 0.05) is 0 Å². The lowest BCUT2D eigenvalue weighted by Gasteiger charge is -2.08. The van der Waals surface area contributed by atoms with Gasteiger partial charge in [0.2, 0.25) is 0 Å². The average molecular weight is 398 g/mol. The summed E-state index contributed by atoms with van der Waals surface area (Å²) in [5, 5.41) is 3.81. The molecule has 21 heavy (non-hydrogen) atoms. The van der Waals surface area contributed by atoms with E-state index in [1.807, 2.05) is 38.1 Å². The molecule has 0 aliphatic carbocycles. The molecule has 5 nitrogen and oxygen atoms in total. The molecular formula is C15H15IN2O3. The minimum atomic E-state index is -0.326. The number of hydrogen-bond donors (Lipinski definition) is 1. The second-order valence-corrected chi connectivity index (χ2v) is 5.56. The molecule has 0 saturated heterocycles. The number of carbonyl (C=O) groups excluding carboxylic acids is 1. The van der Waals surface area contributed by atoms with E-state index in [1.165, 1.54) is 6.21 Å². The summed E-state index contributed by atoms with van der Waals surface area (Å²) in [6.07, 6.45) is 1.44. The Morgan fingerprint density at radius 3 is 2.90 bits per heavy atom. The largest absolute Gasteiger partial charge is 0.483 e. The monoisotopic (exact) mass is 398 g/mol. The summed E-state index contributed by atoms with van der Waals surface area (Å²) in [4.78, 5) is 11.6. The first-order valence-corrected chi connectivity index (χ1v) is 7.40. The third-order valence-electron chi connectivity index (χ3n) is 2.68. The predicted molar refractivity (Wildman–Crippen MR) is 88.6 cm³/mol. The van der Waals surface area contributed by atoms with E-state index >= 15 is 0 Å². The van der Waals surface area contributed by atoms with Gasteiger partial charge in [0.05, 0.1) is 6.21 Å². The highest BCUT2D eigenvalue weighted by molar-refractivity contribution is 14.1. The van der Waals surface area contributed by atoms with Crippen LogP contribution < -0.4 is 10.2 Å². The first kappa shape index (κ1) is 15.6. The van der Waals surface area contributed by atoms with Gasteiger partial charge in [0.25, 0.3) is 5.91 Å². The SMILES string of the molecule is Cc1ccc(C)c(OCC(=O)NN=Cc2ccc(I)o2)c1. The number of benzene rings is 1. The molecule has 0 saturated carbocycles. The van der Waals surface area contributed by atoms with E-state index in [-0.39, 0.29) is 12.5 Å². The molecule has 0 spiro atoms. The molecule has 1 aromatic carbocycles. The number of rotatable bonds is 5. The van der Waals surface area contributed by atoms with Crippen LogP contribution in [0.1, 0.15) is 16.9 Å². The molecule has 0 radical (unpaired) electrons. The molecule has 6 heteroatoms. The van der Waals surface area contributed by atoms with Gasteiger partial charge in [0.1, 0.15) is 11.5 Å². The van der Waals surface area contributed by atoms with Gasteiger partial charge in [0.15, 0.2) is 10.4 Å². The third-order valence-corrected chi connectivity index (χ3v) is 3.26. The highest BCUT2D eigenvalue weighted by Gasteiger charge is 2.04. The average Bonchev–Trinajstić information content (AvgIpc) is 2.85. The van der Waals surface area contributed by atoms with Crippen LogP contribution in [0.2, 0.25) is 0 Å². The number of hydrazone groups is 1. The van der Waals surface area contributed by atoms with E-state index in [9.17, 15) is 4.79 Å². The molecule has 0 aliphatic rings. The van der Waals surface area contributed by atoms with Crippen LogP contribution in [0.25, 0.3) is 0 Å². The van der Waals surface area contributed by atoms with Gasteiger partial charge in [-0.3, -0.25) is 4.79 Å². The third kappa shape index (κ3) is 4.89. The van der Waals surface area contributed by atoms with Gasteiger partial charge >= 0.3 is 0 Å². The van der Waals surface area contributed by atoms with Crippen molar-refractivity contribution in [2.24, 2.45) is 5.10 Å². The fourth-order valence-electron chi connectivity index (χ4n) is 1.60. The molecule has 1 amide bonds. The summed E-state index contributed by atoms with van der Waals surface area (Å²) in [6, 6.07) is 9.44. The number of nitrogens with one attached hydrogen (secondary N) is 1. The lowest BCUT2D eigenvalue weighted by molar-refractivity contribution is -0.123. The fourth-order valence-corrected chi connectivity index (χ4v) is 2.04. The summed E-state index contributed by atoms with van der Waals surface area (Å²) in [6.45, 7) is 3.82. The summed E-state index contributed by atoms with van der Waals surface area (Å²) >= 11 is 2.06. The van der Waals surface area contributed by atoms with Crippen molar-refractivity contribution in [1.82, 2.24) is 5.43 Å². The molecule has 110 valence electrons. The topological polar surface area (TPSA) is 63.8 Å². The maximum Gasteiger partial charge on any atom is 0.277 e. The van der Waals surface area contributed by atoms with Gasteiger partial charge in [-0.1, -0.05) is 12.1 Å². The standard InChI is InChI=1S/C15H15IN2O3/c1-10-3-4-11(2)13(7-10)20-9-15(19)18-17-8-12-5-6-14(16)21-12/h3-8H,9H2,1-2H3,(H,18,19). The number of nitrogens with zero attached hydrogens (tertiary/aromatic N) is 1. The van der Waals surface area contributed by atoms with Crippen LogP contribution in [0, 0.1) is 17.6 Å². The lowest BCUT2D eigenvalue weighted by atomic mass is 10.1. The van der Waals surface area contributed by atoms with Crippen LogP contribution >= 0.6 is 22.6 Å². The Bertz CT molecular complexity index is 665. The zero-order valence-corrected chi connectivity index (χ0v) is 13.9. The highest BCUT2D eigenvalue weighted by Crippen LogP contribution is 2.18. The van der Waals surface area contributed by atoms with Crippen molar-refractivity contribution >= 4 is 34.7 Å². The molecule has 1 heterocycles. The number of aryl methyl sites for hydroxylation is 2. The Morgan fingerprint density at radius 2 is 2.19 bits per heavy atom. The quantitative estimate of drug-likeness (QED) is 0.479. The van der Waals surface area contributed by atoms with E-state index < -0.39 is 0 Å². The van der Waals surface area contributed by atoms with E-state index in [4.69, 9.17) is 9.15 Å². The van der Waals surface area contributed by atoms with Gasteiger partial charge in [-0.2, -0.15) is 5.10 Å². The number of furan rings is 1. The molecule has 0 unspecified atom stereocenters. The predicted octanol–water partition coefficient (Wildman–Crippen LogP) is 3.03. The van der Waals surface area contributed by atoms with Gasteiger partial charge in [-0.05, 0) is 65.8 Å². The minimum Gasteiger partial charge on any atom is -0.483 e. The molecule has 0 atom stereocenters. The van der Waals surface area contributed by atoms with Crippen LogP contribution in [-0.4, -0.2) is 18.7 Å². The molecule has 1 aromatic heterocycles. The molecule has 2 rings (SSSR count). The smallest absolute Gasteiger partial charge is 0.277 e. The van der Waals surface area contributed by atoms with Gasteiger partial charge in [-0.15, -0.1) is 0 Å². The maximum absolute atomic E-state index is 11.6. The molecule has 0 fully saturated rings. The second-order valence-electron chi connectivity index (χ2n) is 4.49. The first-order valence-electron chi connectivity index (χ1n) is 6.32. The van der Waals surface area contributed by atoms with Crippen molar-refractivity contribution in [3.8, 4) is 5.75 Å². The summed E-state index contributed by atoms with van der Waals surface area (Å²) in [5.74, 6) is 0.957. The molecule has 0 bridgehead atoms. The van der Waals surface area contributed by atoms with Gasteiger partial charge < -0.3 is 9.15 Å². The van der Waals surface area contributed by atoms with Crippen LogP contribution in [0.15, 0.2) is 39.9 Å². The highest BCUT2D eigenvalue weighted by atomic mass is 127. The number of amides is 1. The Morgan fingerprint density at radius 1 is 1.38 bits per heavy atom. The van der Waals surface area contributed by atoms with Crippen molar-refractivity contribution < 1.29 is 13.9 Å². The summed E-state index contributed by atoms with van der Waals surface area (Å²) < 4.78 is 11.5. The van der Waals surface area contributed by atoms with Gasteiger partial charge in [-0.25, -0.2) is 5.43 Å².